The fraction of sp³-hybridized carbons (Fsp3) is 0.511. The largest absolute Gasteiger partial charge is 0.508 e. The number of nitrogens with two attached hydrogens (primary N) is 1. The Hall–Kier alpha value is -5.10. The lowest BCUT2D eigenvalue weighted by Gasteiger charge is -2.33. The number of phenolic OH excluding ortho intramolecular Hbond substituents is 1. The number of aliphatic imine (C=N–C) groups is 1. The number of likely N-dealkylation sites (tertiary alicyclic amines) is 1. The number of nitrogens with one attached hydrogen (secondary N) is 1. The van der Waals surface area contributed by atoms with E-state index in [4.69, 9.17) is 25.4 Å². The second-order valence-corrected chi connectivity index (χ2v) is 17.5. The fourth-order valence-electron chi connectivity index (χ4n) is 9.89. The number of benzene rings is 2. The standard InChI is InChI=1S/C47H59FN8O3/c1-6-34-37(48)13-12-31-23-33(57)25-35(40(31)34)39-30(5)43-41(36(42(39)50)22-29(4)28(2)3)44(53-46(52-43)59-27-47-14-9-20-56(47)21-10-15-47)55-19-11-16-51-32(26-55)24-38(49)45(58)54-17-7-8-18-54/h12-13,22-25,28-29,50,57H,6-11,14-21,26-27,49H2,1-5H3/b36-22-,38-24-,50-42?. The lowest BCUT2D eigenvalue weighted by Crippen LogP contribution is -2.43. The number of fused-ring (bicyclic) bond motifs is 3. The zero-order chi connectivity index (χ0) is 41.6. The monoisotopic (exact) mass is 802 g/mol. The van der Waals surface area contributed by atoms with E-state index in [0.29, 0.717) is 96.0 Å². The molecule has 0 saturated carbocycles. The summed E-state index contributed by atoms with van der Waals surface area (Å²) in [6.45, 7) is 15.9. The molecule has 0 radical (unpaired) electrons. The predicted octanol–water partition coefficient (Wildman–Crippen LogP) is 7.80. The molecule has 0 bridgehead atoms. The summed E-state index contributed by atoms with van der Waals surface area (Å²) >= 11 is 0. The molecule has 8 rings (SSSR count). The van der Waals surface area contributed by atoms with Gasteiger partial charge < -0.3 is 25.4 Å². The van der Waals surface area contributed by atoms with Gasteiger partial charge in [0.2, 0.25) is 0 Å². The van der Waals surface area contributed by atoms with Crippen molar-refractivity contribution in [1.29, 1.82) is 5.41 Å². The van der Waals surface area contributed by atoms with E-state index < -0.39 is 0 Å². The van der Waals surface area contributed by atoms with Crippen LogP contribution in [0.1, 0.15) is 102 Å². The van der Waals surface area contributed by atoms with Crippen LogP contribution >= 0.6 is 0 Å². The number of halogens is 1. The number of aromatic hydroxyl groups is 1. The Labute approximate surface area is 347 Å². The number of ether oxygens (including phenoxy) is 1. The van der Waals surface area contributed by atoms with Gasteiger partial charge in [-0.25, -0.2) is 4.39 Å². The highest BCUT2D eigenvalue weighted by atomic mass is 19.1. The van der Waals surface area contributed by atoms with Crippen LogP contribution in [0, 0.1) is 23.1 Å². The molecule has 1 aromatic heterocycles. The van der Waals surface area contributed by atoms with Crippen LogP contribution < -0.4 is 15.4 Å². The van der Waals surface area contributed by atoms with Crippen LogP contribution in [0.4, 0.5) is 10.2 Å². The van der Waals surface area contributed by atoms with Crippen LogP contribution in [0.3, 0.4) is 0 Å². The van der Waals surface area contributed by atoms with E-state index in [9.17, 15) is 15.3 Å². The normalized spacial score (nSPS) is 21.1. The number of allylic oxidation sites excluding steroid dienone is 4. The van der Waals surface area contributed by atoms with Crippen molar-refractivity contribution in [2.45, 2.75) is 91.5 Å². The number of carbonyl (C=O) groups is 1. The lowest BCUT2D eigenvalue weighted by molar-refractivity contribution is -0.126. The van der Waals surface area contributed by atoms with E-state index in [1.165, 1.54) is 6.07 Å². The van der Waals surface area contributed by atoms with Gasteiger partial charge in [0, 0.05) is 37.3 Å². The van der Waals surface area contributed by atoms with Gasteiger partial charge in [-0.2, -0.15) is 9.97 Å². The van der Waals surface area contributed by atoms with Crippen LogP contribution in [0.15, 0.2) is 47.1 Å². The van der Waals surface area contributed by atoms with Crippen molar-refractivity contribution in [3.05, 3.63) is 70.3 Å². The van der Waals surface area contributed by atoms with Crippen LogP contribution in [0.5, 0.6) is 11.8 Å². The van der Waals surface area contributed by atoms with Gasteiger partial charge in [-0.3, -0.25) is 20.1 Å². The van der Waals surface area contributed by atoms with Gasteiger partial charge in [-0.05, 0) is 135 Å². The van der Waals surface area contributed by atoms with Crippen LogP contribution in [0.25, 0.3) is 27.5 Å². The Balaban J connectivity index is 1.32. The molecule has 3 aromatic rings. The van der Waals surface area contributed by atoms with Crippen molar-refractivity contribution in [3.63, 3.8) is 0 Å². The first-order valence-corrected chi connectivity index (χ1v) is 21.7. The molecule has 1 aliphatic carbocycles. The maximum Gasteiger partial charge on any atom is 0.319 e. The summed E-state index contributed by atoms with van der Waals surface area (Å²) < 4.78 is 22.3. The fourth-order valence-corrected chi connectivity index (χ4v) is 9.89. The number of hydrogen-bond donors (Lipinski definition) is 3. The molecule has 0 spiro atoms. The number of nitrogens with zero attached hydrogens (tertiary/aromatic N) is 6. The number of rotatable bonds is 10. The first-order chi connectivity index (χ1) is 28.4. The molecule has 5 aliphatic rings. The summed E-state index contributed by atoms with van der Waals surface area (Å²) in [6, 6.07) is 6.72. The van der Waals surface area contributed by atoms with Crippen LogP contribution in [-0.4, -0.2) is 100 Å². The van der Waals surface area contributed by atoms with E-state index in [1.807, 2.05) is 13.8 Å². The third-order valence-electron chi connectivity index (χ3n) is 13.4. The number of aromatic nitrogens is 2. The minimum absolute atomic E-state index is 0.0386. The zero-order valence-corrected chi connectivity index (χ0v) is 35.3. The minimum atomic E-state index is -0.319. The Morgan fingerprint density at radius 3 is 2.51 bits per heavy atom. The van der Waals surface area contributed by atoms with Crippen molar-refractivity contribution >= 4 is 50.6 Å². The number of phenols is 1. The molecule has 2 aromatic carbocycles. The summed E-state index contributed by atoms with van der Waals surface area (Å²) in [5.41, 5.74) is 12.0. The summed E-state index contributed by atoms with van der Waals surface area (Å²) in [7, 11) is 0. The molecule has 12 heteroatoms. The minimum Gasteiger partial charge on any atom is -0.508 e. The Morgan fingerprint density at radius 2 is 1.80 bits per heavy atom. The zero-order valence-electron chi connectivity index (χ0n) is 35.3. The Kier molecular flexibility index (Phi) is 11.4. The Morgan fingerprint density at radius 1 is 1.05 bits per heavy atom. The first-order valence-electron chi connectivity index (χ1n) is 21.7. The second-order valence-electron chi connectivity index (χ2n) is 17.5. The molecule has 312 valence electrons. The molecule has 1 atom stereocenters. The van der Waals surface area contributed by atoms with Gasteiger partial charge >= 0.3 is 6.01 Å². The average Bonchev–Trinajstić information content (AvgIpc) is 3.94. The van der Waals surface area contributed by atoms with Crippen molar-refractivity contribution < 1.29 is 19.0 Å². The third kappa shape index (κ3) is 7.64. The first kappa shape index (κ1) is 40.7. The number of amides is 1. The van der Waals surface area contributed by atoms with Crippen molar-refractivity contribution in [3.8, 4) is 11.8 Å². The van der Waals surface area contributed by atoms with E-state index in [0.717, 1.165) is 69.2 Å². The van der Waals surface area contributed by atoms with Crippen LogP contribution in [0.2, 0.25) is 0 Å². The molecule has 59 heavy (non-hydrogen) atoms. The molecule has 1 amide bonds. The predicted molar refractivity (Wildman–Crippen MR) is 235 cm³/mol. The number of aryl methyl sites for hydroxylation is 1. The molecule has 4 N–H and O–H groups in total. The second kappa shape index (κ2) is 16.5. The molecule has 3 saturated heterocycles. The van der Waals surface area contributed by atoms with E-state index in [1.54, 1.807) is 29.2 Å². The lowest BCUT2D eigenvalue weighted by atomic mass is 9.77. The quantitative estimate of drug-likeness (QED) is 0.176. The molecular weight excluding hydrogens is 744 g/mol. The number of hydrogen-bond acceptors (Lipinski definition) is 10. The van der Waals surface area contributed by atoms with Crippen LogP contribution in [-0.2, 0) is 11.2 Å². The number of carbonyl (C=O) groups excluding carboxylic acids is 1. The van der Waals surface area contributed by atoms with Gasteiger partial charge in [-0.15, -0.1) is 0 Å². The maximum atomic E-state index is 15.6. The summed E-state index contributed by atoms with van der Waals surface area (Å²) in [5.74, 6) is 0.528. The maximum absolute atomic E-state index is 15.6. The highest BCUT2D eigenvalue weighted by molar-refractivity contribution is 6.50. The molecule has 1 unspecified atom stereocenters. The highest BCUT2D eigenvalue weighted by Gasteiger charge is 2.45. The smallest absolute Gasteiger partial charge is 0.319 e. The van der Waals surface area contributed by atoms with Crippen molar-refractivity contribution in [1.82, 2.24) is 19.8 Å². The van der Waals surface area contributed by atoms with Crippen molar-refractivity contribution in [2.24, 2.45) is 22.6 Å². The van der Waals surface area contributed by atoms with Gasteiger partial charge in [0.25, 0.3) is 5.91 Å². The van der Waals surface area contributed by atoms with E-state index in [-0.39, 0.29) is 52.3 Å². The van der Waals surface area contributed by atoms with Crippen molar-refractivity contribution in [2.75, 3.05) is 57.3 Å². The van der Waals surface area contributed by atoms with Gasteiger partial charge in [0.15, 0.2) is 0 Å². The van der Waals surface area contributed by atoms with E-state index in [2.05, 4.69) is 36.6 Å². The average molecular weight is 803 g/mol. The molecular formula is C47H59FN8O3. The third-order valence-corrected chi connectivity index (χ3v) is 13.4. The molecule has 3 fully saturated rings. The SMILES string of the molecule is CCc1c(F)ccc2cc(O)cc(C3=C(C)c4nc(OCC56CCCN5CCC6)nc(N5CCCN=C(/C=C(\N)C(=O)N6CCCC6)C5)c4/C(=C/C(C)C(C)C)C3=N)c12. The number of anilines is 1. The van der Waals surface area contributed by atoms with Gasteiger partial charge in [-0.1, -0.05) is 39.8 Å². The molecule has 11 nitrogen and oxygen atoms in total. The Bertz CT molecular complexity index is 2300. The topological polar surface area (TPSA) is 144 Å². The molecule has 5 heterocycles. The summed E-state index contributed by atoms with van der Waals surface area (Å²) in [4.78, 5) is 35.2. The van der Waals surface area contributed by atoms with Gasteiger partial charge in [0.05, 0.1) is 40.5 Å². The van der Waals surface area contributed by atoms with E-state index >= 15 is 4.39 Å². The van der Waals surface area contributed by atoms with Gasteiger partial charge in [0.1, 0.15) is 24.0 Å². The highest BCUT2D eigenvalue weighted by Crippen LogP contribution is 2.47. The summed E-state index contributed by atoms with van der Waals surface area (Å²) in [6.07, 6.45) is 11.4. The molecule has 4 aliphatic heterocycles. The summed E-state index contributed by atoms with van der Waals surface area (Å²) in [5, 5.41) is 22.6.